The Morgan fingerprint density at radius 2 is 0.833 bits per heavy atom. The van der Waals surface area contributed by atoms with Crippen LogP contribution in [-0.4, -0.2) is 0 Å². The molecule has 0 aromatic heterocycles. The molecule has 0 saturated heterocycles. The predicted molar refractivity (Wildman–Crippen MR) is 28.5 cm³/mol. The van der Waals surface area contributed by atoms with Crippen LogP contribution >= 0.6 is 0 Å². The van der Waals surface area contributed by atoms with E-state index in [4.69, 9.17) is 0 Å². The molecule has 0 bridgehead atoms. The average Bonchev–Trinajstić information content (AvgIpc) is 1.50. The molecule has 0 aliphatic heterocycles. The molecular weight excluding hydrogens is 255 g/mol. The second kappa shape index (κ2) is 264. The summed E-state index contributed by atoms with van der Waals surface area (Å²) in [4.78, 5) is 0. The van der Waals surface area contributed by atoms with Gasteiger partial charge in [0, 0.05) is 21.1 Å². The maximum Gasteiger partial charge on any atom is 0 e. The van der Waals surface area contributed by atoms with Gasteiger partial charge in [-0.2, -0.15) is 13.8 Å². The van der Waals surface area contributed by atoms with Crippen molar-refractivity contribution in [2.24, 2.45) is 0 Å². The van der Waals surface area contributed by atoms with Gasteiger partial charge in [0.2, 0.25) is 0 Å². The molecule has 0 unspecified atom stereocenters. The average molecular weight is 268 g/mol. The van der Waals surface area contributed by atoms with Gasteiger partial charge < -0.3 is 21.3 Å². The van der Waals surface area contributed by atoms with E-state index in [0.717, 1.165) is 0 Å². The van der Waals surface area contributed by atoms with Gasteiger partial charge in [-0.25, -0.2) is 0 Å². The van der Waals surface area contributed by atoms with Crippen molar-refractivity contribution in [2.75, 3.05) is 0 Å². The molecule has 0 nitrogen and oxygen atoms in total. The van der Waals surface area contributed by atoms with E-state index in [1.807, 2.05) is 0 Å². The van der Waals surface area contributed by atoms with E-state index < -0.39 is 0 Å². The molecule has 0 atom stereocenters. The fourth-order valence-electron chi connectivity index (χ4n) is 0. The van der Waals surface area contributed by atoms with Crippen LogP contribution in [0.5, 0.6) is 0 Å². The molecule has 0 aromatic carbocycles. The summed E-state index contributed by atoms with van der Waals surface area (Å²) in [6.07, 6.45) is 0. The molecule has 0 rings (SSSR count). The van der Waals surface area contributed by atoms with Gasteiger partial charge in [0.15, 0.2) is 0 Å². The zero-order chi connectivity index (χ0) is 4.00. The van der Waals surface area contributed by atoms with Gasteiger partial charge in [-0.15, -0.1) is 0 Å². The molecule has 0 N–H and O–H groups in total. The van der Waals surface area contributed by atoms with Gasteiger partial charge in [0.1, 0.15) is 0 Å². The first-order valence-corrected chi connectivity index (χ1v) is 1.41. The van der Waals surface area contributed by atoms with Crippen LogP contribution in [0.15, 0.2) is 0 Å². The Balaban J connectivity index is -0.00000000500. The summed E-state index contributed by atoms with van der Waals surface area (Å²) in [5, 5.41) is 0. The van der Waals surface area contributed by atoms with Crippen LogP contribution in [-0.2, 0) is 21.1 Å². The minimum Gasteiger partial charge on any atom is -0.358 e. The van der Waals surface area contributed by atoms with Gasteiger partial charge in [0.05, 0.1) is 0 Å². The van der Waals surface area contributed by atoms with Gasteiger partial charge in [0.25, 0.3) is 0 Å². The van der Waals surface area contributed by atoms with Crippen molar-refractivity contribution in [3.8, 4) is 0 Å². The van der Waals surface area contributed by atoms with Gasteiger partial charge in [-0.3, -0.25) is 0 Å². The molecule has 0 spiro atoms. The second-order valence-electron chi connectivity index (χ2n) is 0. The summed E-state index contributed by atoms with van der Waals surface area (Å²) in [6, 6.07) is 0. The number of hydrogen-bond donors (Lipinski definition) is 0. The standard InChI is InChI=1S/2C2H5.CH3.Pt/c2*1-2;;/h2*1H2,2H3;1H3;/q3*-1;. The molecule has 0 saturated carbocycles. The van der Waals surface area contributed by atoms with Crippen molar-refractivity contribution in [3.05, 3.63) is 21.3 Å². The van der Waals surface area contributed by atoms with Crippen LogP contribution in [0.25, 0.3) is 0 Å². The third-order valence-corrected chi connectivity index (χ3v) is 0. The summed E-state index contributed by atoms with van der Waals surface area (Å²) in [5.74, 6) is 0. The molecule has 1 heteroatoms. The fourth-order valence-corrected chi connectivity index (χ4v) is 0. The number of rotatable bonds is 0. The van der Waals surface area contributed by atoms with Crippen molar-refractivity contribution in [2.45, 2.75) is 13.8 Å². The Hall–Kier alpha value is 0.688. The largest absolute Gasteiger partial charge is 0.358 e. The maximum absolute atomic E-state index is 3.25. The molecule has 0 aliphatic carbocycles. The van der Waals surface area contributed by atoms with Gasteiger partial charge in [-0.05, 0) is 0 Å². The van der Waals surface area contributed by atoms with Crippen LogP contribution < -0.4 is 0 Å². The molecule has 46 valence electrons. The normalized spacial score (nSPS) is 2.00. The van der Waals surface area contributed by atoms with E-state index in [0.29, 0.717) is 0 Å². The first kappa shape index (κ1) is 29.9. The Morgan fingerprint density at radius 3 is 0.833 bits per heavy atom. The minimum absolute atomic E-state index is 0. The zero-order valence-corrected chi connectivity index (χ0v) is 7.00. The third kappa shape index (κ3) is 135. The quantitative estimate of drug-likeness (QED) is 0.590. The first-order valence-electron chi connectivity index (χ1n) is 1.41. The SMILES string of the molecule is [CH2-]C.[CH2-]C.[CH3-].[Pt]. The number of hydrogen-bond acceptors (Lipinski definition) is 0. The van der Waals surface area contributed by atoms with Crippen molar-refractivity contribution in [1.29, 1.82) is 0 Å². The Bertz CT molecular complexity index is 3.90. The molecule has 0 heterocycles. The Morgan fingerprint density at radius 1 is 0.833 bits per heavy atom. The van der Waals surface area contributed by atoms with Crippen LogP contribution in [0.1, 0.15) is 13.8 Å². The van der Waals surface area contributed by atoms with Crippen molar-refractivity contribution < 1.29 is 21.1 Å². The van der Waals surface area contributed by atoms with Crippen molar-refractivity contribution >= 4 is 0 Å². The Labute approximate surface area is 56.6 Å². The molecule has 0 amide bonds. The monoisotopic (exact) mass is 268 g/mol. The minimum atomic E-state index is 0. The molecule has 6 heavy (non-hydrogen) atoms. The second-order valence-corrected chi connectivity index (χ2v) is 0. The molecule has 0 fully saturated rings. The zero-order valence-electron chi connectivity index (χ0n) is 4.73. The summed E-state index contributed by atoms with van der Waals surface area (Å²) in [5.41, 5.74) is 0. The van der Waals surface area contributed by atoms with Gasteiger partial charge in [-0.1, -0.05) is 0 Å². The van der Waals surface area contributed by atoms with Gasteiger partial charge >= 0.3 is 0 Å². The first-order chi connectivity index (χ1) is 2.00. The van der Waals surface area contributed by atoms with E-state index in [1.165, 1.54) is 0 Å². The van der Waals surface area contributed by atoms with E-state index in [-0.39, 0.29) is 28.5 Å². The smallest absolute Gasteiger partial charge is 0 e. The summed E-state index contributed by atoms with van der Waals surface area (Å²) >= 11 is 0. The Kier molecular flexibility index (Phi) is 1320. The van der Waals surface area contributed by atoms with Crippen LogP contribution in [0.2, 0.25) is 0 Å². The molecular formula is C5H13Pt-3. The summed E-state index contributed by atoms with van der Waals surface area (Å²) < 4.78 is 0. The van der Waals surface area contributed by atoms with E-state index in [1.54, 1.807) is 13.8 Å². The van der Waals surface area contributed by atoms with E-state index >= 15 is 0 Å². The van der Waals surface area contributed by atoms with E-state index in [2.05, 4.69) is 13.8 Å². The van der Waals surface area contributed by atoms with Crippen LogP contribution in [0.3, 0.4) is 0 Å². The third-order valence-electron chi connectivity index (χ3n) is 0. The fraction of sp³-hybridized carbons (Fsp3) is 0.400. The predicted octanol–water partition coefficient (Wildman–Crippen LogP) is 2.13. The van der Waals surface area contributed by atoms with Crippen LogP contribution in [0.4, 0.5) is 0 Å². The summed E-state index contributed by atoms with van der Waals surface area (Å²) in [7, 11) is 0. The van der Waals surface area contributed by atoms with E-state index in [9.17, 15) is 0 Å². The molecule has 0 aromatic rings. The topological polar surface area (TPSA) is 0 Å². The summed E-state index contributed by atoms with van der Waals surface area (Å²) in [6.45, 7) is 10.0. The van der Waals surface area contributed by atoms with Crippen LogP contribution in [0, 0.1) is 21.3 Å². The molecule has 0 aliphatic rings. The molecule has 0 radical (unpaired) electrons. The van der Waals surface area contributed by atoms with Crippen molar-refractivity contribution in [3.63, 3.8) is 0 Å². The maximum atomic E-state index is 3.25. The van der Waals surface area contributed by atoms with Crippen molar-refractivity contribution in [1.82, 2.24) is 0 Å².